The monoisotopic (exact) mass is 303 g/mol. The van der Waals surface area contributed by atoms with E-state index in [1.165, 1.54) is 31.4 Å². The number of benzene rings is 2. The second-order valence-electron chi connectivity index (χ2n) is 4.02. The van der Waals surface area contributed by atoms with Gasteiger partial charge in [-0.05, 0) is 30.3 Å². The van der Waals surface area contributed by atoms with Crippen LogP contribution in [0.2, 0.25) is 5.02 Å². The van der Waals surface area contributed by atoms with Crippen LogP contribution in [0.5, 0.6) is 17.2 Å². The van der Waals surface area contributed by atoms with E-state index in [9.17, 15) is 9.90 Å². The van der Waals surface area contributed by atoms with Gasteiger partial charge in [0.25, 0.3) is 0 Å². The molecule has 0 aromatic heterocycles. The number of carboxylic acid groups (broad SMARTS) is 1. The molecule has 0 atom stereocenters. The Morgan fingerprint density at radius 1 is 1.24 bits per heavy atom. The van der Waals surface area contributed by atoms with Gasteiger partial charge in [0.1, 0.15) is 28.9 Å². The van der Waals surface area contributed by atoms with Crippen molar-refractivity contribution in [3.63, 3.8) is 0 Å². The van der Waals surface area contributed by atoms with Crippen molar-refractivity contribution in [2.45, 2.75) is 0 Å². The van der Waals surface area contributed by atoms with Crippen molar-refractivity contribution in [2.75, 3.05) is 7.11 Å². The average molecular weight is 304 g/mol. The first-order valence-electron chi connectivity index (χ1n) is 5.84. The van der Waals surface area contributed by atoms with Gasteiger partial charge < -0.3 is 14.6 Å². The summed E-state index contributed by atoms with van der Waals surface area (Å²) in [5, 5.41) is 18.2. The number of nitriles is 1. The van der Waals surface area contributed by atoms with Crippen LogP contribution in [0.3, 0.4) is 0 Å². The second-order valence-corrected chi connectivity index (χ2v) is 4.43. The lowest BCUT2D eigenvalue weighted by Gasteiger charge is -2.10. The first-order chi connectivity index (χ1) is 10.0. The highest BCUT2D eigenvalue weighted by Crippen LogP contribution is 2.31. The SMILES string of the molecule is COc1ccc(Oc2ccc(C#N)c(Cl)c2)c(C(=O)O)c1. The molecule has 0 saturated heterocycles. The van der Waals surface area contributed by atoms with E-state index >= 15 is 0 Å². The number of aromatic carboxylic acids is 1. The summed E-state index contributed by atoms with van der Waals surface area (Å²) in [7, 11) is 1.45. The van der Waals surface area contributed by atoms with Gasteiger partial charge in [0.2, 0.25) is 0 Å². The summed E-state index contributed by atoms with van der Waals surface area (Å²) in [6, 6.07) is 10.9. The van der Waals surface area contributed by atoms with E-state index in [0.29, 0.717) is 17.1 Å². The van der Waals surface area contributed by atoms with Gasteiger partial charge >= 0.3 is 5.97 Å². The van der Waals surface area contributed by atoms with Crippen LogP contribution in [0.25, 0.3) is 0 Å². The lowest BCUT2D eigenvalue weighted by atomic mass is 10.2. The molecule has 0 aliphatic rings. The molecular weight excluding hydrogens is 294 g/mol. The van der Waals surface area contributed by atoms with Crippen LogP contribution >= 0.6 is 11.6 Å². The van der Waals surface area contributed by atoms with Crippen molar-refractivity contribution in [2.24, 2.45) is 0 Å². The van der Waals surface area contributed by atoms with Crippen molar-refractivity contribution < 1.29 is 19.4 Å². The molecule has 2 aromatic rings. The summed E-state index contributed by atoms with van der Waals surface area (Å²) >= 11 is 5.91. The number of ether oxygens (including phenoxy) is 2. The third-order valence-corrected chi connectivity index (χ3v) is 3.02. The Bertz CT molecular complexity index is 737. The summed E-state index contributed by atoms with van der Waals surface area (Å²) in [5.74, 6) is -0.225. The molecule has 106 valence electrons. The molecule has 0 spiro atoms. The van der Waals surface area contributed by atoms with E-state index in [1.54, 1.807) is 12.1 Å². The normalized spacial score (nSPS) is 9.76. The third kappa shape index (κ3) is 3.25. The zero-order chi connectivity index (χ0) is 15.4. The highest BCUT2D eigenvalue weighted by molar-refractivity contribution is 6.31. The Hall–Kier alpha value is -2.71. The molecule has 0 unspecified atom stereocenters. The zero-order valence-electron chi connectivity index (χ0n) is 11.0. The summed E-state index contributed by atoms with van der Waals surface area (Å²) < 4.78 is 10.5. The van der Waals surface area contributed by atoms with Crippen LogP contribution in [0.1, 0.15) is 15.9 Å². The van der Waals surface area contributed by atoms with Crippen LogP contribution in [0.15, 0.2) is 36.4 Å². The predicted molar refractivity (Wildman–Crippen MR) is 76.2 cm³/mol. The smallest absolute Gasteiger partial charge is 0.339 e. The Labute approximate surface area is 125 Å². The van der Waals surface area contributed by atoms with E-state index in [-0.39, 0.29) is 16.3 Å². The van der Waals surface area contributed by atoms with Crippen LogP contribution < -0.4 is 9.47 Å². The first kappa shape index (κ1) is 14.7. The van der Waals surface area contributed by atoms with Gasteiger partial charge in [0.05, 0.1) is 17.7 Å². The van der Waals surface area contributed by atoms with Crippen LogP contribution in [0, 0.1) is 11.3 Å². The fourth-order valence-electron chi connectivity index (χ4n) is 1.67. The molecule has 5 nitrogen and oxygen atoms in total. The molecule has 21 heavy (non-hydrogen) atoms. The maximum Gasteiger partial charge on any atom is 0.339 e. The number of nitrogens with zero attached hydrogens (tertiary/aromatic N) is 1. The van der Waals surface area contributed by atoms with E-state index in [1.807, 2.05) is 6.07 Å². The first-order valence-corrected chi connectivity index (χ1v) is 6.21. The quantitative estimate of drug-likeness (QED) is 0.931. The molecule has 1 N–H and O–H groups in total. The number of hydrogen-bond donors (Lipinski definition) is 1. The Balaban J connectivity index is 2.37. The molecular formula is C15H10ClNO4. The Morgan fingerprint density at radius 2 is 1.95 bits per heavy atom. The summed E-state index contributed by atoms with van der Waals surface area (Å²) in [6.45, 7) is 0. The van der Waals surface area contributed by atoms with Gasteiger partial charge in [0.15, 0.2) is 0 Å². The Kier molecular flexibility index (Phi) is 4.31. The number of carboxylic acids is 1. The van der Waals surface area contributed by atoms with Crippen molar-refractivity contribution in [1.29, 1.82) is 5.26 Å². The van der Waals surface area contributed by atoms with E-state index in [2.05, 4.69) is 0 Å². The minimum Gasteiger partial charge on any atom is -0.497 e. The summed E-state index contributed by atoms with van der Waals surface area (Å²) in [5.41, 5.74) is 0.284. The van der Waals surface area contributed by atoms with Gasteiger partial charge in [-0.25, -0.2) is 4.79 Å². The molecule has 0 aliphatic carbocycles. The van der Waals surface area contributed by atoms with Crippen molar-refractivity contribution in [3.8, 4) is 23.3 Å². The number of carbonyl (C=O) groups is 1. The zero-order valence-corrected chi connectivity index (χ0v) is 11.7. The lowest BCUT2D eigenvalue weighted by molar-refractivity contribution is 0.0693. The molecule has 0 heterocycles. The standard InChI is InChI=1S/C15H10ClNO4/c1-20-10-4-5-14(12(6-10)15(18)19)21-11-3-2-9(8-17)13(16)7-11/h2-7H,1H3,(H,18,19). The van der Waals surface area contributed by atoms with E-state index in [0.717, 1.165) is 0 Å². The minimum atomic E-state index is -1.14. The van der Waals surface area contributed by atoms with Crippen molar-refractivity contribution in [1.82, 2.24) is 0 Å². The number of methoxy groups -OCH3 is 1. The van der Waals surface area contributed by atoms with Gasteiger partial charge in [-0.2, -0.15) is 5.26 Å². The highest BCUT2D eigenvalue weighted by atomic mass is 35.5. The number of hydrogen-bond acceptors (Lipinski definition) is 4. The van der Waals surface area contributed by atoms with Crippen LogP contribution in [-0.2, 0) is 0 Å². The van der Waals surface area contributed by atoms with Gasteiger partial charge in [-0.15, -0.1) is 0 Å². The average Bonchev–Trinajstić information content (AvgIpc) is 2.47. The molecule has 0 amide bonds. The molecule has 2 aromatic carbocycles. The molecule has 6 heteroatoms. The van der Waals surface area contributed by atoms with Gasteiger partial charge in [-0.1, -0.05) is 11.6 Å². The molecule has 0 aliphatic heterocycles. The second kappa shape index (κ2) is 6.16. The number of halogens is 1. The predicted octanol–water partition coefficient (Wildman–Crippen LogP) is 3.71. The van der Waals surface area contributed by atoms with E-state index < -0.39 is 5.97 Å². The molecule has 2 rings (SSSR count). The topological polar surface area (TPSA) is 79.5 Å². The minimum absolute atomic E-state index is 0.0326. The van der Waals surface area contributed by atoms with Crippen LogP contribution in [0.4, 0.5) is 0 Å². The van der Waals surface area contributed by atoms with Crippen molar-refractivity contribution >= 4 is 17.6 Å². The molecule has 0 bridgehead atoms. The highest BCUT2D eigenvalue weighted by Gasteiger charge is 2.14. The Morgan fingerprint density at radius 3 is 2.52 bits per heavy atom. The summed E-state index contributed by atoms with van der Waals surface area (Å²) in [4.78, 5) is 11.2. The number of rotatable bonds is 4. The largest absolute Gasteiger partial charge is 0.497 e. The third-order valence-electron chi connectivity index (χ3n) is 2.71. The maximum atomic E-state index is 11.2. The van der Waals surface area contributed by atoms with Gasteiger partial charge in [-0.3, -0.25) is 0 Å². The molecule has 0 radical (unpaired) electrons. The lowest BCUT2D eigenvalue weighted by Crippen LogP contribution is -2.01. The summed E-state index contributed by atoms with van der Waals surface area (Å²) in [6.07, 6.45) is 0. The fraction of sp³-hybridized carbons (Fsp3) is 0.0667. The van der Waals surface area contributed by atoms with Crippen molar-refractivity contribution in [3.05, 3.63) is 52.5 Å². The van der Waals surface area contributed by atoms with Gasteiger partial charge in [0, 0.05) is 6.07 Å². The molecule has 0 fully saturated rings. The van der Waals surface area contributed by atoms with Crippen LogP contribution in [-0.4, -0.2) is 18.2 Å². The molecule has 0 saturated carbocycles. The van der Waals surface area contributed by atoms with E-state index in [4.69, 9.17) is 26.3 Å². The fourth-order valence-corrected chi connectivity index (χ4v) is 1.88. The maximum absolute atomic E-state index is 11.2.